The largest absolute Gasteiger partial charge is 0.283 e. The topological polar surface area (TPSA) is 110 Å². The molecule has 8 nitrogen and oxygen atoms in total. The summed E-state index contributed by atoms with van der Waals surface area (Å²) in [5.41, 5.74) is 1.29. The lowest BCUT2D eigenvalue weighted by Gasteiger charge is -2.11. The number of nitrogens with one attached hydrogen (secondary N) is 2. The van der Waals surface area contributed by atoms with Crippen LogP contribution in [0.25, 0.3) is 5.52 Å². The normalized spacial score (nSPS) is 12.4. The van der Waals surface area contributed by atoms with Crippen LogP contribution >= 0.6 is 0 Å². The molecule has 2 aromatic heterocycles. The van der Waals surface area contributed by atoms with E-state index in [0.29, 0.717) is 11.2 Å². The number of rotatable bonds is 7. The van der Waals surface area contributed by atoms with Crippen LogP contribution in [0.2, 0.25) is 0 Å². The van der Waals surface area contributed by atoms with Gasteiger partial charge in [0.1, 0.15) is 5.82 Å². The van der Waals surface area contributed by atoms with Crippen LogP contribution in [0.5, 0.6) is 0 Å². The Balaban J connectivity index is 1.64. The van der Waals surface area contributed by atoms with Crippen molar-refractivity contribution in [2.24, 2.45) is 0 Å². The third-order valence-corrected chi connectivity index (χ3v) is 6.67. The third-order valence-electron chi connectivity index (χ3n) is 3.76. The van der Waals surface area contributed by atoms with Crippen LogP contribution in [-0.2, 0) is 20.0 Å². The first-order valence-electron chi connectivity index (χ1n) is 7.86. The Morgan fingerprint density at radius 2 is 1.89 bits per heavy atom. The van der Waals surface area contributed by atoms with Crippen molar-refractivity contribution in [3.05, 3.63) is 60.2 Å². The van der Waals surface area contributed by atoms with Crippen molar-refractivity contribution >= 4 is 31.3 Å². The molecule has 1 aromatic carbocycles. The lowest BCUT2D eigenvalue weighted by atomic mass is 10.2. The fourth-order valence-electron chi connectivity index (χ4n) is 2.52. The predicted molar refractivity (Wildman–Crippen MR) is 98.9 cm³/mol. The Morgan fingerprint density at radius 1 is 1.11 bits per heavy atom. The molecule has 0 unspecified atom stereocenters. The highest BCUT2D eigenvalue weighted by Crippen LogP contribution is 2.16. The second kappa shape index (κ2) is 7.25. The monoisotopic (exact) mass is 412 g/mol. The number of anilines is 1. The molecule has 3 rings (SSSR count). The first-order chi connectivity index (χ1) is 12.7. The van der Waals surface area contributed by atoms with Crippen molar-refractivity contribution in [3.63, 3.8) is 0 Å². The first-order valence-corrected chi connectivity index (χ1v) is 11.0. The Morgan fingerprint density at radius 3 is 2.63 bits per heavy atom. The van der Waals surface area contributed by atoms with Gasteiger partial charge >= 0.3 is 0 Å². The number of aryl methyl sites for hydroxylation is 1. The molecule has 0 spiro atoms. The number of nitrogens with zero attached hydrogens (tertiary/aromatic N) is 2. The quantitative estimate of drug-likeness (QED) is 0.611. The highest BCUT2D eigenvalue weighted by Gasteiger charge is 2.19. The van der Waals surface area contributed by atoms with Crippen LogP contribution in [0.3, 0.4) is 0 Å². The third kappa shape index (κ3) is 4.62. The van der Waals surface area contributed by atoms with Gasteiger partial charge in [0.25, 0.3) is 0 Å². The molecule has 144 valence electrons. The predicted octanol–water partition coefficient (Wildman–Crippen LogP) is 1.50. The summed E-state index contributed by atoms with van der Waals surface area (Å²) < 4.78 is 68.2. The average molecular weight is 412 g/mol. The molecule has 2 heterocycles. The molecular weight excluding hydrogens is 395 g/mol. The number of aromatic nitrogens is 2. The smallest absolute Gasteiger partial charge is 0.240 e. The number of sulfonamides is 2. The van der Waals surface area contributed by atoms with Crippen molar-refractivity contribution in [2.45, 2.75) is 11.8 Å². The lowest BCUT2D eigenvalue weighted by Crippen LogP contribution is -2.31. The molecule has 0 amide bonds. The van der Waals surface area contributed by atoms with E-state index in [9.17, 15) is 21.2 Å². The van der Waals surface area contributed by atoms with Crippen LogP contribution in [0.15, 0.2) is 53.7 Å². The van der Waals surface area contributed by atoms with E-state index in [-0.39, 0.29) is 17.0 Å². The van der Waals surface area contributed by atoms with Crippen LogP contribution in [0.1, 0.15) is 5.56 Å². The molecule has 11 heteroatoms. The van der Waals surface area contributed by atoms with Crippen molar-refractivity contribution in [2.75, 3.05) is 17.0 Å². The van der Waals surface area contributed by atoms with Crippen LogP contribution in [0.4, 0.5) is 10.1 Å². The summed E-state index contributed by atoms with van der Waals surface area (Å²) >= 11 is 0. The van der Waals surface area contributed by atoms with Gasteiger partial charge in [-0.3, -0.25) is 4.72 Å². The standard InChI is InChI=1S/C16H17FN4O4S2/c1-12-10-13(17)2-3-16(12)27(24,25)19-7-9-26(22,23)20-14-5-8-21-15(11-14)4-6-18-21/h2-6,8,10-11,19-20H,7,9H2,1H3. The van der Waals surface area contributed by atoms with Crippen LogP contribution < -0.4 is 9.44 Å². The second-order valence-electron chi connectivity index (χ2n) is 5.84. The molecule has 0 radical (unpaired) electrons. The van der Waals surface area contributed by atoms with Gasteiger partial charge in [-0.25, -0.2) is 30.5 Å². The van der Waals surface area contributed by atoms with E-state index in [1.807, 2.05) is 0 Å². The Labute approximate surface area is 156 Å². The Kier molecular flexibility index (Phi) is 5.18. The maximum Gasteiger partial charge on any atom is 0.240 e. The van der Waals surface area contributed by atoms with E-state index in [0.717, 1.165) is 18.2 Å². The van der Waals surface area contributed by atoms with Gasteiger partial charge in [-0.2, -0.15) is 5.10 Å². The van der Waals surface area contributed by atoms with E-state index in [4.69, 9.17) is 0 Å². The van der Waals surface area contributed by atoms with Crippen molar-refractivity contribution in [1.82, 2.24) is 14.3 Å². The molecule has 2 N–H and O–H groups in total. The lowest BCUT2D eigenvalue weighted by molar-refractivity contribution is 0.580. The van der Waals surface area contributed by atoms with Gasteiger partial charge in [-0.05, 0) is 48.9 Å². The van der Waals surface area contributed by atoms with Gasteiger partial charge in [0.15, 0.2) is 0 Å². The van der Waals surface area contributed by atoms with Crippen molar-refractivity contribution in [3.8, 4) is 0 Å². The molecule has 0 saturated carbocycles. The number of benzene rings is 1. The zero-order valence-corrected chi connectivity index (χ0v) is 15.9. The number of fused-ring (bicyclic) bond motifs is 1. The molecular formula is C16H17FN4O4S2. The molecule has 0 saturated heterocycles. The molecule has 0 aliphatic rings. The summed E-state index contributed by atoms with van der Waals surface area (Å²) in [5, 5.41) is 4.01. The fourth-order valence-corrected chi connectivity index (χ4v) is 4.86. The summed E-state index contributed by atoms with van der Waals surface area (Å²) in [6, 6.07) is 8.14. The number of pyridine rings is 1. The van der Waals surface area contributed by atoms with Crippen LogP contribution in [0, 0.1) is 12.7 Å². The SMILES string of the molecule is Cc1cc(F)ccc1S(=O)(=O)NCCS(=O)(=O)Nc1ccn2nccc2c1. The minimum absolute atomic E-state index is 0.0968. The van der Waals surface area contributed by atoms with E-state index in [1.165, 1.54) is 6.92 Å². The molecule has 0 aliphatic carbocycles. The highest BCUT2D eigenvalue weighted by atomic mass is 32.2. The molecule has 0 aliphatic heterocycles. The number of hydrogen-bond acceptors (Lipinski definition) is 5. The zero-order valence-electron chi connectivity index (χ0n) is 14.3. The van der Waals surface area contributed by atoms with Gasteiger partial charge in [-0.1, -0.05) is 0 Å². The van der Waals surface area contributed by atoms with Crippen molar-refractivity contribution < 1.29 is 21.2 Å². The van der Waals surface area contributed by atoms with Gasteiger partial charge in [0.2, 0.25) is 20.0 Å². The summed E-state index contributed by atoms with van der Waals surface area (Å²) in [5.74, 6) is -1.01. The summed E-state index contributed by atoms with van der Waals surface area (Å²) in [7, 11) is -7.72. The summed E-state index contributed by atoms with van der Waals surface area (Å²) in [6.07, 6.45) is 3.19. The van der Waals surface area contributed by atoms with Gasteiger partial charge in [0, 0.05) is 18.9 Å². The van der Waals surface area contributed by atoms with Gasteiger partial charge < -0.3 is 0 Å². The fraction of sp³-hybridized carbons (Fsp3) is 0.188. The number of hydrogen-bond donors (Lipinski definition) is 2. The maximum atomic E-state index is 13.1. The molecule has 27 heavy (non-hydrogen) atoms. The second-order valence-corrected chi connectivity index (χ2v) is 9.42. The Bertz CT molecular complexity index is 1190. The number of halogens is 1. The molecule has 0 fully saturated rings. The summed E-state index contributed by atoms with van der Waals surface area (Å²) in [6.45, 7) is 1.13. The van der Waals surface area contributed by atoms with E-state index < -0.39 is 31.6 Å². The van der Waals surface area contributed by atoms with Gasteiger partial charge in [-0.15, -0.1) is 0 Å². The highest BCUT2D eigenvalue weighted by molar-refractivity contribution is 7.92. The minimum atomic E-state index is -3.94. The average Bonchev–Trinajstić information content (AvgIpc) is 3.01. The maximum absolute atomic E-state index is 13.1. The first kappa shape index (κ1) is 19.3. The zero-order chi connectivity index (χ0) is 19.7. The minimum Gasteiger partial charge on any atom is -0.283 e. The molecule has 3 aromatic rings. The van der Waals surface area contributed by atoms with E-state index in [2.05, 4.69) is 14.5 Å². The van der Waals surface area contributed by atoms with Crippen LogP contribution in [-0.4, -0.2) is 38.7 Å². The summed E-state index contributed by atoms with van der Waals surface area (Å²) in [4.78, 5) is -0.0968. The van der Waals surface area contributed by atoms with E-state index in [1.54, 1.807) is 35.1 Å². The van der Waals surface area contributed by atoms with Gasteiger partial charge in [0.05, 0.1) is 21.9 Å². The molecule has 0 bridgehead atoms. The van der Waals surface area contributed by atoms with E-state index >= 15 is 0 Å². The Hall–Kier alpha value is -2.50. The molecule has 0 atom stereocenters. The van der Waals surface area contributed by atoms with Crippen molar-refractivity contribution in [1.29, 1.82) is 0 Å².